The van der Waals surface area contributed by atoms with Gasteiger partial charge in [0.05, 0.1) is 0 Å². The predicted molar refractivity (Wildman–Crippen MR) is 48.0 cm³/mol. The van der Waals surface area contributed by atoms with Crippen molar-refractivity contribution >= 4 is 5.78 Å². The van der Waals surface area contributed by atoms with Gasteiger partial charge in [-0.25, -0.2) is 0 Å². The number of hydrogen-bond donors (Lipinski definition) is 0. The lowest BCUT2D eigenvalue weighted by Crippen LogP contribution is -2.31. The monoisotopic (exact) mass is 167 g/mol. The van der Waals surface area contributed by atoms with E-state index in [1.807, 2.05) is 0 Å². The van der Waals surface area contributed by atoms with Crippen LogP contribution >= 0.6 is 0 Å². The van der Waals surface area contributed by atoms with Crippen LogP contribution in [0, 0.1) is 5.41 Å². The van der Waals surface area contributed by atoms with Crippen LogP contribution in [0.25, 0.3) is 0 Å². The normalized spacial score (nSPS) is 37.9. The molecule has 2 nitrogen and oxygen atoms in total. The highest BCUT2D eigenvalue weighted by molar-refractivity contribution is 5.80. The number of carbonyl (C=O) groups excluding carboxylic acids is 1. The van der Waals surface area contributed by atoms with Crippen LogP contribution in [0.15, 0.2) is 0 Å². The zero-order valence-corrected chi connectivity index (χ0v) is 7.81. The third-order valence-corrected chi connectivity index (χ3v) is 3.36. The van der Waals surface area contributed by atoms with Crippen LogP contribution in [-0.2, 0) is 4.79 Å². The smallest absolute Gasteiger partial charge is 0.133 e. The number of Topliss-reactive ketones (excluding diaryl/α,β-unsaturated/α-hetero) is 1. The lowest BCUT2D eigenvalue weighted by molar-refractivity contribution is -0.123. The molecular weight excluding hydrogens is 150 g/mol. The summed E-state index contributed by atoms with van der Waals surface area (Å²) >= 11 is 0. The Morgan fingerprint density at radius 3 is 2.83 bits per heavy atom. The van der Waals surface area contributed by atoms with Gasteiger partial charge in [-0.05, 0) is 38.3 Å². The Hall–Kier alpha value is -0.370. The molecule has 0 radical (unpaired) electrons. The molecule has 0 aromatic heterocycles. The van der Waals surface area contributed by atoms with Gasteiger partial charge in [0.1, 0.15) is 5.78 Å². The largest absolute Gasteiger partial charge is 0.306 e. The Kier molecular flexibility index (Phi) is 1.95. The van der Waals surface area contributed by atoms with E-state index in [0.717, 1.165) is 25.8 Å². The number of likely N-dealkylation sites (tertiary alicyclic amines) is 1. The van der Waals surface area contributed by atoms with Crippen molar-refractivity contribution in [3.63, 3.8) is 0 Å². The summed E-state index contributed by atoms with van der Waals surface area (Å²) in [7, 11) is 2.16. The summed E-state index contributed by atoms with van der Waals surface area (Å²) in [6.07, 6.45) is 5.35. The minimum Gasteiger partial charge on any atom is -0.306 e. The molecular formula is C10H17NO. The molecule has 12 heavy (non-hydrogen) atoms. The van der Waals surface area contributed by atoms with Crippen LogP contribution < -0.4 is 0 Å². The highest BCUT2D eigenvalue weighted by Crippen LogP contribution is 2.41. The quantitative estimate of drug-likeness (QED) is 0.544. The highest BCUT2D eigenvalue weighted by atomic mass is 16.1. The van der Waals surface area contributed by atoms with Crippen LogP contribution in [-0.4, -0.2) is 30.8 Å². The first-order valence-electron chi connectivity index (χ1n) is 4.91. The van der Waals surface area contributed by atoms with Crippen molar-refractivity contribution in [3.05, 3.63) is 0 Å². The molecule has 0 aromatic carbocycles. The fourth-order valence-electron chi connectivity index (χ4n) is 2.76. The molecule has 2 rings (SSSR count). The second-order valence-corrected chi connectivity index (χ2v) is 4.56. The minimum atomic E-state index is 0.393. The van der Waals surface area contributed by atoms with Crippen LogP contribution in [0.3, 0.4) is 0 Å². The molecule has 0 aromatic rings. The summed E-state index contributed by atoms with van der Waals surface area (Å²) in [4.78, 5) is 13.7. The maximum atomic E-state index is 11.3. The van der Waals surface area contributed by atoms with Gasteiger partial charge in [0.25, 0.3) is 0 Å². The van der Waals surface area contributed by atoms with Crippen LogP contribution in [0.2, 0.25) is 0 Å². The predicted octanol–water partition coefficient (Wildman–Crippen LogP) is 1.45. The van der Waals surface area contributed by atoms with Gasteiger partial charge in [-0.1, -0.05) is 0 Å². The molecule has 0 bridgehead atoms. The van der Waals surface area contributed by atoms with Crippen LogP contribution in [0.5, 0.6) is 0 Å². The molecule has 0 amide bonds. The van der Waals surface area contributed by atoms with Gasteiger partial charge in [0.2, 0.25) is 0 Å². The number of ketones is 1. The van der Waals surface area contributed by atoms with Crippen molar-refractivity contribution in [2.45, 2.75) is 32.1 Å². The van der Waals surface area contributed by atoms with E-state index in [1.54, 1.807) is 0 Å². The third kappa shape index (κ3) is 1.40. The van der Waals surface area contributed by atoms with Crippen molar-refractivity contribution < 1.29 is 4.79 Å². The highest BCUT2D eigenvalue weighted by Gasteiger charge is 2.39. The topological polar surface area (TPSA) is 20.3 Å². The number of hydrogen-bond acceptors (Lipinski definition) is 2. The molecule has 2 heteroatoms. The van der Waals surface area contributed by atoms with E-state index < -0.39 is 0 Å². The van der Waals surface area contributed by atoms with Crippen LogP contribution in [0.1, 0.15) is 32.1 Å². The maximum Gasteiger partial charge on any atom is 0.133 e. The Balaban J connectivity index is 2.05. The van der Waals surface area contributed by atoms with E-state index in [-0.39, 0.29) is 0 Å². The van der Waals surface area contributed by atoms with Gasteiger partial charge in [-0.2, -0.15) is 0 Å². The Morgan fingerprint density at radius 1 is 1.42 bits per heavy atom. The van der Waals surface area contributed by atoms with Crippen molar-refractivity contribution in [3.8, 4) is 0 Å². The van der Waals surface area contributed by atoms with Gasteiger partial charge >= 0.3 is 0 Å². The fraction of sp³-hybridized carbons (Fsp3) is 0.900. The SMILES string of the molecule is CN1CCC2(CCCC(=O)C2)C1. The Bertz CT molecular complexity index is 198. The van der Waals surface area contributed by atoms with E-state index in [0.29, 0.717) is 11.2 Å². The summed E-state index contributed by atoms with van der Waals surface area (Å²) in [5, 5.41) is 0. The molecule has 1 saturated heterocycles. The molecule has 68 valence electrons. The molecule has 1 atom stereocenters. The van der Waals surface area contributed by atoms with E-state index in [2.05, 4.69) is 11.9 Å². The van der Waals surface area contributed by atoms with Gasteiger partial charge in [-0.3, -0.25) is 4.79 Å². The number of carbonyl (C=O) groups is 1. The average molecular weight is 167 g/mol. The lowest BCUT2D eigenvalue weighted by Gasteiger charge is -2.31. The first-order chi connectivity index (χ1) is 5.70. The zero-order valence-electron chi connectivity index (χ0n) is 7.81. The Labute approximate surface area is 73.9 Å². The van der Waals surface area contributed by atoms with Gasteiger partial charge < -0.3 is 4.90 Å². The fourth-order valence-corrected chi connectivity index (χ4v) is 2.76. The van der Waals surface area contributed by atoms with E-state index in [1.165, 1.54) is 19.4 Å². The standard InChI is InChI=1S/C10H17NO/c1-11-6-5-10(8-11)4-2-3-9(12)7-10/h2-8H2,1H3. The third-order valence-electron chi connectivity index (χ3n) is 3.36. The molecule has 1 aliphatic heterocycles. The van der Waals surface area contributed by atoms with Crippen LogP contribution in [0.4, 0.5) is 0 Å². The summed E-state index contributed by atoms with van der Waals surface area (Å²) in [6.45, 7) is 2.34. The molecule has 1 saturated carbocycles. The van der Waals surface area contributed by atoms with Gasteiger partial charge in [0, 0.05) is 19.4 Å². The van der Waals surface area contributed by atoms with E-state index in [9.17, 15) is 4.79 Å². The summed E-state index contributed by atoms with van der Waals surface area (Å²) in [6, 6.07) is 0. The van der Waals surface area contributed by atoms with E-state index >= 15 is 0 Å². The molecule has 1 unspecified atom stereocenters. The van der Waals surface area contributed by atoms with E-state index in [4.69, 9.17) is 0 Å². The summed E-state index contributed by atoms with van der Waals surface area (Å²) in [5.41, 5.74) is 0.393. The molecule has 0 N–H and O–H groups in total. The molecule has 2 fully saturated rings. The number of rotatable bonds is 0. The second kappa shape index (κ2) is 2.84. The zero-order chi connectivity index (χ0) is 8.60. The first kappa shape index (κ1) is 8.24. The summed E-state index contributed by atoms with van der Waals surface area (Å²) < 4.78 is 0. The lowest BCUT2D eigenvalue weighted by atomic mass is 9.73. The Morgan fingerprint density at radius 2 is 2.25 bits per heavy atom. The summed E-state index contributed by atoms with van der Waals surface area (Å²) in [5.74, 6) is 0.497. The first-order valence-corrected chi connectivity index (χ1v) is 4.91. The van der Waals surface area contributed by atoms with Crippen molar-refractivity contribution in [2.24, 2.45) is 5.41 Å². The van der Waals surface area contributed by atoms with Crippen molar-refractivity contribution in [1.29, 1.82) is 0 Å². The molecule has 1 spiro atoms. The maximum absolute atomic E-state index is 11.3. The van der Waals surface area contributed by atoms with Crippen molar-refractivity contribution in [1.82, 2.24) is 4.90 Å². The second-order valence-electron chi connectivity index (χ2n) is 4.56. The molecule has 2 aliphatic rings. The average Bonchev–Trinajstić information content (AvgIpc) is 2.32. The van der Waals surface area contributed by atoms with Crippen molar-refractivity contribution in [2.75, 3.05) is 20.1 Å². The minimum absolute atomic E-state index is 0.393. The molecule has 1 aliphatic carbocycles. The molecule has 1 heterocycles. The van der Waals surface area contributed by atoms with Gasteiger partial charge in [0.15, 0.2) is 0 Å². The van der Waals surface area contributed by atoms with Gasteiger partial charge in [-0.15, -0.1) is 0 Å². The number of nitrogens with zero attached hydrogens (tertiary/aromatic N) is 1.